The van der Waals surface area contributed by atoms with Crippen LogP contribution >= 0.6 is 11.8 Å². The number of amides is 1. The Balaban J connectivity index is 1.88. The standard InChI is InChI=1S/C17H23NO3S/c1-20-14-9-5-8-13(15(14)21-2)17-18(10-11-22-17)16(19)12-6-3-4-7-12/h5,8-9,12,17H,3-4,6-7,10-11H2,1-2H3/t17-/m1/s1. The molecule has 2 fully saturated rings. The summed E-state index contributed by atoms with van der Waals surface area (Å²) in [4.78, 5) is 14.9. The van der Waals surface area contributed by atoms with Crippen LogP contribution < -0.4 is 9.47 Å². The van der Waals surface area contributed by atoms with Crippen molar-refractivity contribution in [2.75, 3.05) is 26.5 Å². The second kappa shape index (κ2) is 6.82. The minimum absolute atomic E-state index is 0.0400. The third-order valence-corrected chi connectivity index (χ3v) is 5.82. The summed E-state index contributed by atoms with van der Waals surface area (Å²) < 4.78 is 11.0. The summed E-state index contributed by atoms with van der Waals surface area (Å²) in [5.74, 6) is 2.98. The third kappa shape index (κ3) is 2.78. The highest BCUT2D eigenvalue weighted by Gasteiger charge is 2.37. The molecular weight excluding hydrogens is 298 g/mol. The van der Waals surface area contributed by atoms with E-state index in [1.165, 1.54) is 12.8 Å². The smallest absolute Gasteiger partial charge is 0.226 e. The maximum atomic E-state index is 12.8. The van der Waals surface area contributed by atoms with Gasteiger partial charge in [-0.3, -0.25) is 4.79 Å². The lowest BCUT2D eigenvalue weighted by molar-refractivity contribution is -0.135. The lowest BCUT2D eigenvalue weighted by Gasteiger charge is -2.28. The van der Waals surface area contributed by atoms with E-state index in [0.717, 1.165) is 42.2 Å². The molecule has 0 unspecified atom stereocenters. The van der Waals surface area contributed by atoms with E-state index in [0.29, 0.717) is 5.91 Å². The summed E-state index contributed by atoms with van der Waals surface area (Å²) in [5, 5.41) is 0.0400. The molecule has 4 nitrogen and oxygen atoms in total. The van der Waals surface area contributed by atoms with E-state index in [-0.39, 0.29) is 11.3 Å². The Bertz CT molecular complexity index is 543. The Morgan fingerprint density at radius 2 is 2.00 bits per heavy atom. The Hall–Kier alpha value is -1.36. The number of nitrogens with zero attached hydrogens (tertiary/aromatic N) is 1. The number of benzene rings is 1. The van der Waals surface area contributed by atoms with Crippen molar-refractivity contribution in [2.24, 2.45) is 5.92 Å². The minimum atomic E-state index is 0.0400. The summed E-state index contributed by atoms with van der Waals surface area (Å²) in [6, 6.07) is 5.90. The topological polar surface area (TPSA) is 38.8 Å². The zero-order valence-corrected chi connectivity index (χ0v) is 14.0. The lowest BCUT2D eigenvalue weighted by Crippen LogP contribution is -2.34. The van der Waals surface area contributed by atoms with Gasteiger partial charge in [0.2, 0.25) is 5.91 Å². The van der Waals surface area contributed by atoms with Crippen LogP contribution in [0.5, 0.6) is 11.5 Å². The molecule has 1 aromatic rings. The first-order valence-electron chi connectivity index (χ1n) is 7.89. The van der Waals surface area contributed by atoms with Gasteiger partial charge >= 0.3 is 0 Å². The monoisotopic (exact) mass is 321 g/mol. The molecular formula is C17H23NO3S. The van der Waals surface area contributed by atoms with Crippen LogP contribution in [0.4, 0.5) is 0 Å². The molecule has 0 N–H and O–H groups in total. The Kier molecular flexibility index (Phi) is 4.81. The maximum absolute atomic E-state index is 12.8. The molecule has 1 saturated carbocycles. The average Bonchev–Trinajstić information content (AvgIpc) is 3.24. The second-order valence-electron chi connectivity index (χ2n) is 5.82. The molecule has 0 radical (unpaired) electrons. The molecule has 5 heteroatoms. The van der Waals surface area contributed by atoms with Crippen molar-refractivity contribution in [1.29, 1.82) is 0 Å². The molecule has 0 aromatic heterocycles. The number of carbonyl (C=O) groups is 1. The first-order valence-corrected chi connectivity index (χ1v) is 8.94. The highest BCUT2D eigenvalue weighted by Crippen LogP contribution is 2.46. The van der Waals surface area contributed by atoms with Gasteiger partial charge in [-0.05, 0) is 18.9 Å². The lowest BCUT2D eigenvalue weighted by atomic mass is 10.1. The van der Waals surface area contributed by atoms with E-state index in [1.807, 2.05) is 34.9 Å². The van der Waals surface area contributed by atoms with Crippen LogP contribution in [0.2, 0.25) is 0 Å². The Morgan fingerprint density at radius 1 is 1.23 bits per heavy atom. The number of carbonyl (C=O) groups excluding carboxylic acids is 1. The zero-order valence-electron chi connectivity index (χ0n) is 13.2. The number of hydrogen-bond donors (Lipinski definition) is 0. The van der Waals surface area contributed by atoms with Gasteiger partial charge in [-0.2, -0.15) is 0 Å². The number of thioether (sulfide) groups is 1. The first-order chi connectivity index (χ1) is 10.8. The van der Waals surface area contributed by atoms with E-state index >= 15 is 0 Å². The van der Waals surface area contributed by atoms with Crippen molar-refractivity contribution in [1.82, 2.24) is 4.90 Å². The van der Waals surface area contributed by atoms with Gasteiger partial charge in [-0.25, -0.2) is 0 Å². The normalized spacial score (nSPS) is 22.1. The molecule has 120 valence electrons. The molecule has 1 saturated heterocycles. The van der Waals surface area contributed by atoms with E-state index < -0.39 is 0 Å². The molecule has 1 heterocycles. The molecule has 2 aliphatic rings. The first kappa shape index (κ1) is 15.5. The predicted molar refractivity (Wildman–Crippen MR) is 88.4 cm³/mol. The summed E-state index contributed by atoms with van der Waals surface area (Å²) in [7, 11) is 3.30. The van der Waals surface area contributed by atoms with Crippen LogP contribution in [0.25, 0.3) is 0 Å². The van der Waals surface area contributed by atoms with E-state index in [4.69, 9.17) is 9.47 Å². The summed E-state index contributed by atoms with van der Waals surface area (Å²) >= 11 is 1.81. The second-order valence-corrected chi connectivity index (χ2v) is 7.01. The highest BCUT2D eigenvalue weighted by molar-refractivity contribution is 7.99. The van der Waals surface area contributed by atoms with Gasteiger partial charge in [-0.15, -0.1) is 11.8 Å². The fourth-order valence-corrected chi connectivity index (χ4v) is 4.75. The predicted octanol–water partition coefficient (Wildman–Crippen LogP) is 3.47. The van der Waals surface area contributed by atoms with Crippen molar-refractivity contribution in [3.05, 3.63) is 23.8 Å². The van der Waals surface area contributed by atoms with Gasteiger partial charge in [-0.1, -0.05) is 25.0 Å². The summed E-state index contributed by atoms with van der Waals surface area (Å²) in [5.41, 5.74) is 1.04. The van der Waals surface area contributed by atoms with Crippen LogP contribution in [0.3, 0.4) is 0 Å². The molecule has 1 atom stereocenters. The summed E-state index contributed by atoms with van der Waals surface area (Å²) in [6.45, 7) is 0.824. The summed E-state index contributed by atoms with van der Waals surface area (Å²) in [6.07, 6.45) is 4.46. The number of ether oxygens (including phenoxy) is 2. The molecule has 0 bridgehead atoms. The number of methoxy groups -OCH3 is 2. The molecule has 1 aromatic carbocycles. The van der Waals surface area contributed by atoms with E-state index in [1.54, 1.807) is 14.2 Å². The van der Waals surface area contributed by atoms with E-state index in [2.05, 4.69) is 0 Å². The van der Waals surface area contributed by atoms with Gasteiger partial charge in [0.1, 0.15) is 5.37 Å². The Morgan fingerprint density at radius 3 is 2.68 bits per heavy atom. The van der Waals surface area contributed by atoms with Crippen LogP contribution in [-0.2, 0) is 4.79 Å². The quantitative estimate of drug-likeness (QED) is 0.851. The Labute approximate surface area is 136 Å². The van der Waals surface area contributed by atoms with Crippen LogP contribution in [0.1, 0.15) is 36.6 Å². The van der Waals surface area contributed by atoms with Crippen molar-refractivity contribution < 1.29 is 14.3 Å². The maximum Gasteiger partial charge on any atom is 0.226 e. The number of rotatable bonds is 4. The molecule has 0 spiro atoms. The van der Waals surface area contributed by atoms with Gasteiger partial charge < -0.3 is 14.4 Å². The average molecular weight is 321 g/mol. The zero-order chi connectivity index (χ0) is 15.5. The molecule has 1 aliphatic carbocycles. The number of hydrogen-bond acceptors (Lipinski definition) is 4. The van der Waals surface area contributed by atoms with Crippen LogP contribution in [0, 0.1) is 5.92 Å². The van der Waals surface area contributed by atoms with Gasteiger partial charge in [0.05, 0.1) is 14.2 Å². The van der Waals surface area contributed by atoms with Gasteiger partial charge in [0.15, 0.2) is 11.5 Å². The van der Waals surface area contributed by atoms with Crippen molar-refractivity contribution >= 4 is 17.7 Å². The highest BCUT2D eigenvalue weighted by atomic mass is 32.2. The van der Waals surface area contributed by atoms with Gasteiger partial charge in [0, 0.05) is 23.8 Å². The largest absolute Gasteiger partial charge is 0.493 e. The van der Waals surface area contributed by atoms with Crippen molar-refractivity contribution in [2.45, 2.75) is 31.1 Å². The molecule has 22 heavy (non-hydrogen) atoms. The molecule has 1 aliphatic heterocycles. The molecule has 3 rings (SSSR count). The SMILES string of the molecule is COc1cccc([C@H]2SCCN2C(=O)C2CCCC2)c1OC. The minimum Gasteiger partial charge on any atom is -0.493 e. The van der Waals surface area contributed by atoms with Gasteiger partial charge in [0.25, 0.3) is 0 Å². The van der Waals surface area contributed by atoms with Crippen LogP contribution in [0.15, 0.2) is 18.2 Å². The van der Waals surface area contributed by atoms with E-state index in [9.17, 15) is 4.79 Å². The number of para-hydroxylation sites is 1. The van der Waals surface area contributed by atoms with Crippen LogP contribution in [-0.4, -0.2) is 37.3 Å². The fourth-order valence-electron chi connectivity index (χ4n) is 3.47. The third-order valence-electron chi connectivity index (χ3n) is 4.58. The fraction of sp³-hybridized carbons (Fsp3) is 0.588. The molecule has 1 amide bonds. The van der Waals surface area contributed by atoms with Crippen molar-refractivity contribution in [3.63, 3.8) is 0 Å². The van der Waals surface area contributed by atoms with Crippen molar-refractivity contribution in [3.8, 4) is 11.5 Å².